The molecule has 3 N–H and O–H groups in total. The monoisotopic (exact) mass is 724 g/mol. The molecule has 1 fully saturated rings. The Morgan fingerprint density at radius 3 is 2.39 bits per heavy atom. The van der Waals surface area contributed by atoms with Gasteiger partial charge in [-0.2, -0.15) is 10.1 Å². The van der Waals surface area contributed by atoms with Gasteiger partial charge >= 0.3 is 19.4 Å². The summed E-state index contributed by atoms with van der Waals surface area (Å²) in [5.41, 5.74) is -4.96. The van der Waals surface area contributed by atoms with Gasteiger partial charge in [-0.1, -0.05) is 29.8 Å². The largest absolute Gasteiger partial charge is 0.478 e. The van der Waals surface area contributed by atoms with Crippen molar-refractivity contribution >= 4 is 37.0 Å². The third-order valence-electron chi connectivity index (χ3n) is 7.21. The summed E-state index contributed by atoms with van der Waals surface area (Å²) in [7, 11) is -4.38. The Labute approximate surface area is 287 Å². The summed E-state index contributed by atoms with van der Waals surface area (Å²) in [5, 5.41) is 16.4. The highest BCUT2D eigenvalue weighted by Crippen LogP contribution is 2.47. The van der Waals surface area contributed by atoms with Crippen molar-refractivity contribution < 1.29 is 46.9 Å². The van der Waals surface area contributed by atoms with Gasteiger partial charge in [0.2, 0.25) is 0 Å². The van der Waals surface area contributed by atoms with Crippen LogP contribution in [0.5, 0.6) is 11.5 Å². The lowest BCUT2D eigenvalue weighted by molar-refractivity contribution is -0.149. The van der Waals surface area contributed by atoms with Gasteiger partial charge < -0.3 is 29.2 Å². The van der Waals surface area contributed by atoms with Crippen LogP contribution in [0.1, 0.15) is 47.8 Å². The second-order valence-electron chi connectivity index (χ2n) is 12.2. The number of aliphatic hydroxyl groups excluding tert-OH is 1. The van der Waals surface area contributed by atoms with E-state index in [9.17, 15) is 24.1 Å². The molecule has 2 heterocycles. The maximum Gasteiger partial charge on any atom is 0.459 e. The van der Waals surface area contributed by atoms with Crippen molar-refractivity contribution in [1.82, 2.24) is 14.6 Å². The highest BCUT2D eigenvalue weighted by molar-refractivity contribution is 7.52. The number of hydrogen-bond acceptors (Lipinski definition) is 11. The van der Waals surface area contributed by atoms with Gasteiger partial charge in [-0.15, -0.1) is 0 Å². The number of rotatable bonds is 14. The van der Waals surface area contributed by atoms with Crippen LogP contribution in [0.15, 0.2) is 71.7 Å². The lowest BCUT2D eigenvalue weighted by atomic mass is 9.98. The molecule has 1 aliphatic heterocycles. The molecule has 49 heavy (non-hydrogen) atoms. The highest BCUT2D eigenvalue weighted by atomic mass is 35.5. The van der Waals surface area contributed by atoms with E-state index in [-0.39, 0.29) is 11.6 Å². The highest BCUT2D eigenvalue weighted by Gasteiger charge is 2.56. The summed E-state index contributed by atoms with van der Waals surface area (Å²) in [5.74, 6) is -0.989. The van der Waals surface area contributed by atoms with Gasteiger partial charge in [-0.05, 0) is 84.0 Å². The van der Waals surface area contributed by atoms with E-state index in [0.717, 1.165) is 17.7 Å². The topological polar surface area (TPSA) is 177 Å². The molecule has 2 aromatic carbocycles. The number of hydrogen-bond donors (Lipinski definition) is 3. The van der Waals surface area contributed by atoms with Crippen LogP contribution in [-0.2, 0) is 28.2 Å². The molecule has 6 atom stereocenters. The molecule has 4 rings (SSSR count). The van der Waals surface area contributed by atoms with Gasteiger partial charge in [-0.3, -0.25) is 18.7 Å². The van der Waals surface area contributed by atoms with E-state index in [0.29, 0.717) is 10.8 Å². The maximum atomic E-state index is 16.0. The van der Waals surface area contributed by atoms with Crippen molar-refractivity contribution in [2.45, 2.75) is 83.4 Å². The summed E-state index contributed by atoms with van der Waals surface area (Å²) in [6.45, 7) is 8.05. The number of amides is 1. The van der Waals surface area contributed by atoms with Crippen LogP contribution in [0, 0.1) is 0 Å². The fraction of sp³-hybridized carbons (Fsp3) is 0.438. The number of halogens is 2. The average Bonchev–Trinajstić information content (AvgIpc) is 3.24. The van der Waals surface area contributed by atoms with Crippen LogP contribution < -0.4 is 25.4 Å². The first-order valence-corrected chi connectivity index (χ1v) is 17.2. The molecule has 0 radical (unpaired) electrons. The first-order valence-electron chi connectivity index (χ1n) is 15.3. The number of aromatic nitrogens is 2. The van der Waals surface area contributed by atoms with Gasteiger partial charge in [0.1, 0.15) is 35.6 Å². The first-order chi connectivity index (χ1) is 22.9. The third-order valence-corrected chi connectivity index (χ3v) is 9.11. The van der Waals surface area contributed by atoms with Crippen molar-refractivity contribution in [3.63, 3.8) is 0 Å². The lowest BCUT2D eigenvalue weighted by Crippen LogP contribution is -2.44. The van der Waals surface area contributed by atoms with E-state index < -0.39 is 73.8 Å². The molecule has 0 spiro atoms. The van der Waals surface area contributed by atoms with Crippen molar-refractivity contribution in [3.05, 3.63) is 82.4 Å². The summed E-state index contributed by atoms with van der Waals surface area (Å²) in [6.07, 6.45) is -4.33. The number of nitrogens with one attached hydrogen (secondary N) is 2. The average molecular weight is 725 g/mol. The van der Waals surface area contributed by atoms with Crippen molar-refractivity contribution in [3.8, 4) is 11.5 Å². The molecule has 3 aromatic rings. The number of alkyl halides is 1. The van der Waals surface area contributed by atoms with Gasteiger partial charge in [-0.25, -0.2) is 13.8 Å². The number of carbonyl (C=O) groups is 2. The number of nitrogens with zero attached hydrogens (tertiary/aromatic N) is 2. The molecule has 0 bridgehead atoms. The minimum absolute atomic E-state index is 0.133. The SMILES string of the molecule is CC(C)OC(=O)[C@H](C)N[P@](=O)(OC[C@H]1O[C@@H](n2ccc(NC(=O)C(C)(C)Oc3ccc(Cl)cc3)nc2=O)[C@](C)(F)[C@@H]1O)Oc1ccccc1. The van der Waals surface area contributed by atoms with Crippen molar-refractivity contribution in [2.24, 2.45) is 0 Å². The van der Waals surface area contributed by atoms with Gasteiger partial charge in [0.05, 0.1) is 12.7 Å². The Balaban J connectivity index is 1.47. The Morgan fingerprint density at radius 1 is 1.12 bits per heavy atom. The lowest BCUT2D eigenvalue weighted by Gasteiger charge is -2.26. The third kappa shape index (κ3) is 9.65. The van der Waals surface area contributed by atoms with Gasteiger partial charge in [0.25, 0.3) is 5.91 Å². The van der Waals surface area contributed by atoms with E-state index in [1.807, 2.05) is 0 Å². The number of benzene rings is 2. The van der Waals surface area contributed by atoms with E-state index in [4.69, 9.17) is 34.9 Å². The van der Waals surface area contributed by atoms with E-state index in [2.05, 4.69) is 15.4 Å². The Kier molecular flexibility index (Phi) is 11.9. The Bertz CT molecular complexity index is 1720. The molecule has 266 valence electrons. The second kappa shape index (κ2) is 15.4. The molecule has 1 amide bonds. The number of aliphatic hydroxyl groups is 1. The predicted octanol–water partition coefficient (Wildman–Crippen LogP) is 4.81. The van der Waals surface area contributed by atoms with E-state index in [1.165, 1.54) is 39.0 Å². The van der Waals surface area contributed by atoms with E-state index >= 15 is 4.39 Å². The molecule has 0 aliphatic carbocycles. The first kappa shape index (κ1) is 38.0. The molecule has 1 aliphatic rings. The number of anilines is 1. The molecule has 14 nitrogen and oxygen atoms in total. The smallest absolute Gasteiger partial charge is 0.459 e. The minimum Gasteiger partial charge on any atom is -0.478 e. The van der Waals surface area contributed by atoms with Crippen LogP contribution in [0.2, 0.25) is 5.02 Å². The number of carbonyl (C=O) groups excluding carboxylic acids is 2. The molecule has 17 heteroatoms. The fourth-order valence-corrected chi connectivity index (χ4v) is 6.26. The van der Waals surface area contributed by atoms with Crippen LogP contribution in [-0.4, -0.2) is 68.8 Å². The second-order valence-corrected chi connectivity index (χ2v) is 14.3. The maximum absolute atomic E-state index is 16.0. The van der Waals surface area contributed by atoms with E-state index in [1.54, 1.807) is 56.3 Å². The molecule has 1 aromatic heterocycles. The Morgan fingerprint density at radius 2 is 1.78 bits per heavy atom. The summed E-state index contributed by atoms with van der Waals surface area (Å²) in [6, 6.07) is 14.4. The zero-order valence-electron chi connectivity index (χ0n) is 27.7. The zero-order chi connectivity index (χ0) is 36.1. The molecular formula is C32H39ClFN4O10P. The van der Waals surface area contributed by atoms with Crippen molar-refractivity contribution in [2.75, 3.05) is 11.9 Å². The standard InChI is InChI=1S/C32H39ClFN4O10P/c1-19(2)45-27(40)20(3)37-49(43,48-23-10-8-7-9-11-23)44-18-24-26(39)32(6,34)29(46-24)38-17-16-25(36-30(38)42)35-28(41)31(4,5)47-22-14-12-21(33)13-15-22/h7-17,19-20,24,26,29,39H,18H2,1-6H3,(H,37,43)(H,35,36,41,42)/t20-,24+,26+,29+,32+,49-/m0/s1. The molecule has 0 saturated carbocycles. The fourth-order valence-electron chi connectivity index (χ4n) is 4.63. The molecule has 0 unspecified atom stereocenters. The van der Waals surface area contributed by atoms with Crippen molar-refractivity contribution in [1.29, 1.82) is 0 Å². The Hall–Kier alpha value is -3.85. The summed E-state index contributed by atoms with van der Waals surface area (Å²) < 4.78 is 58.4. The molecule has 1 saturated heterocycles. The van der Waals surface area contributed by atoms with Crippen LogP contribution in [0.4, 0.5) is 10.2 Å². The number of esters is 1. The van der Waals surface area contributed by atoms with Gasteiger partial charge in [0, 0.05) is 11.2 Å². The molecular weight excluding hydrogens is 686 g/mol. The van der Waals surface area contributed by atoms with Crippen LogP contribution in [0.3, 0.4) is 0 Å². The predicted molar refractivity (Wildman–Crippen MR) is 177 cm³/mol. The number of ether oxygens (including phenoxy) is 3. The number of para-hydroxylation sites is 1. The summed E-state index contributed by atoms with van der Waals surface area (Å²) in [4.78, 5) is 42.3. The minimum atomic E-state index is -4.38. The summed E-state index contributed by atoms with van der Waals surface area (Å²) >= 11 is 5.90. The van der Waals surface area contributed by atoms with Crippen LogP contribution in [0.25, 0.3) is 0 Å². The zero-order valence-corrected chi connectivity index (χ0v) is 29.3. The normalized spacial score (nSPS) is 22.6. The quantitative estimate of drug-likeness (QED) is 0.153. The van der Waals surface area contributed by atoms with Crippen LogP contribution >= 0.6 is 19.3 Å². The van der Waals surface area contributed by atoms with Gasteiger partial charge in [0.15, 0.2) is 17.5 Å².